The normalized spacial score (nSPS) is 10.7. The van der Waals surface area contributed by atoms with E-state index in [0.717, 1.165) is 20.9 Å². The standard InChI is InChI=1S/C16H13BrN2O2/c17-11-3-1-10(2-4-11)9-21-16(20)14-8-19-15-7-12(18)5-6-13(14)15/h1-8,19H,9,18H2. The van der Waals surface area contributed by atoms with Gasteiger partial charge in [-0.1, -0.05) is 28.1 Å². The van der Waals surface area contributed by atoms with E-state index in [0.29, 0.717) is 11.3 Å². The Kier molecular flexibility index (Phi) is 3.66. The number of nitrogen functional groups attached to an aromatic ring is 1. The number of hydrogen-bond donors (Lipinski definition) is 2. The van der Waals surface area contributed by atoms with Gasteiger partial charge in [-0.05, 0) is 35.9 Å². The van der Waals surface area contributed by atoms with Gasteiger partial charge in [-0.2, -0.15) is 0 Å². The maximum Gasteiger partial charge on any atom is 0.340 e. The van der Waals surface area contributed by atoms with Crippen molar-refractivity contribution in [3.05, 3.63) is 64.3 Å². The highest BCUT2D eigenvalue weighted by atomic mass is 79.9. The number of rotatable bonds is 3. The Bertz CT molecular complexity index is 794. The maximum atomic E-state index is 12.2. The van der Waals surface area contributed by atoms with Gasteiger partial charge in [0.25, 0.3) is 0 Å². The van der Waals surface area contributed by atoms with Gasteiger partial charge in [-0.25, -0.2) is 4.79 Å². The molecule has 1 aromatic heterocycles. The fraction of sp³-hybridized carbons (Fsp3) is 0.0625. The lowest BCUT2D eigenvalue weighted by Crippen LogP contribution is -2.04. The summed E-state index contributed by atoms with van der Waals surface area (Å²) in [5.74, 6) is -0.353. The molecule has 0 fully saturated rings. The molecule has 0 aliphatic heterocycles. The number of aromatic amines is 1. The summed E-state index contributed by atoms with van der Waals surface area (Å²) in [5.41, 5.74) is 8.65. The molecule has 106 valence electrons. The minimum absolute atomic E-state index is 0.244. The van der Waals surface area contributed by atoms with Gasteiger partial charge in [0, 0.05) is 27.3 Å². The Balaban J connectivity index is 1.76. The summed E-state index contributed by atoms with van der Waals surface area (Å²) >= 11 is 3.37. The topological polar surface area (TPSA) is 68.1 Å². The molecular formula is C16H13BrN2O2. The third kappa shape index (κ3) is 2.92. The number of fused-ring (bicyclic) bond motifs is 1. The molecule has 3 rings (SSSR count). The summed E-state index contributed by atoms with van der Waals surface area (Å²) in [6.07, 6.45) is 1.65. The van der Waals surface area contributed by atoms with E-state index in [1.54, 1.807) is 18.3 Å². The first-order chi connectivity index (χ1) is 10.1. The molecule has 0 unspecified atom stereocenters. The lowest BCUT2D eigenvalue weighted by molar-refractivity contribution is 0.0475. The first-order valence-electron chi connectivity index (χ1n) is 6.41. The van der Waals surface area contributed by atoms with E-state index >= 15 is 0 Å². The quantitative estimate of drug-likeness (QED) is 0.559. The maximum absolute atomic E-state index is 12.2. The molecule has 0 atom stereocenters. The van der Waals surface area contributed by atoms with Crippen LogP contribution in [-0.2, 0) is 11.3 Å². The van der Waals surface area contributed by atoms with Crippen molar-refractivity contribution < 1.29 is 9.53 Å². The number of ether oxygens (including phenoxy) is 1. The summed E-state index contributed by atoms with van der Waals surface area (Å²) in [7, 11) is 0. The number of nitrogens with one attached hydrogen (secondary N) is 1. The van der Waals surface area contributed by atoms with Gasteiger partial charge in [-0.15, -0.1) is 0 Å². The lowest BCUT2D eigenvalue weighted by Gasteiger charge is -2.04. The summed E-state index contributed by atoms with van der Waals surface area (Å²) in [4.78, 5) is 15.2. The smallest absolute Gasteiger partial charge is 0.340 e. The lowest BCUT2D eigenvalue weighted by atomic mass is 10.1. The fourth-order valence-corrected chi connectivity index (χ4v) is 2.38. The van der Waals surface area contributed by atoms with Gasteiger partial charge >= 0.3 is 5.97 Å². The number of carbonyl (C=O) groups excluding carboxylic acids is 1. The van der Waals surface area contributed by atoms with Crippen LogP contribution in [0.5, 0.6) is 0 Å². The molecule has 4 nitrogen and oxygen atoms in total. The van der Waals surface area contributed by atoms with E-state index in [9.17, 15) is 4.79 Å². The van der Waals surface area contributed by atoms with Gasteiger partial charge in [-0.3, -0.25) is 0 Å². The number of benzene rings is 2. The third-order valence-corrected chi connectivity index (χ3v) is 3.74. The molecule has 0 amide bonds. The molecule has 3 aromatic rings. The van der Waals surface area contributed by atoms with E-state index in [2.05, 4.69) is 20.9 Å². The number of esters is 1. The number of carbonyl (C=O) groups is 1. The van der Waals surface area contributed by atoms with Crippen molar-refractivity contribution in [2.75, 3.05) is 5.73 Å². The highest BCUT2D eigenvalue weighted by Crippen LogP contribution is 2.21. The van der Waals surface area contributed by atoms with Crippen molar-refractivity contribution in [3.63, 3.8) is 0 Å². The minimum atomic E-state index is -0.353. The van der Waals surface area contributed by atoms with Crippen LogP contribution in [0.3, 0.4) is 0 Å². The Morgan fingerprint density at radius 1 is 1.19 bits per heavy atom. The number of H-pyrrole nitrogens is 1. The molecule has 0 aliphatic carbocycles. The molecule has 1 heterocycles. The Labute approximate surface area is 130 Å². The molecule has 0 radical (unpaired) electrons. The minimum Gasteiger partial charge on any atom is -0.457 e. The Morgan fingerprint density at radius 2 is 1.95 bits per heavy atom. The van der Waals surface area contributed by atoms with Gasteiger partial charge in [0.05, 0.1) is 5.56 Å². The second-order valence-electron chi connectivity index (χ2n) is 4.71. The zero-order chi connectivity index (χ0) is 14.8. The SMILES string of the molecule is Nc1ccc2c(C(=O)OCc3ccc(Br)cc3)c[nH]c2c1. The first kappa shape index (κ1) is 13.7. The highest BCUT2D eigenvalue weighted by Gasteiger charge is 2.13. The molecular weight excluding hydrogens is 332 g/mol. The van der Waals surface area contributed by atoms with Crippen LogP contribution in [0.25, 0.3) is 10.9 Å². The summed E-state index contributed by atoms with van der Waals surface area (Å²) in [6.45, 7) is 0.244. The average Bonchev–Trinajstić information content (AvgIpc) is 2.89. The van der Waals surface area contributed by atoms with Crippen LogP contribution in [0.1, 0.15) is 15.9 Å². The highest BCUT2D eigenvalue weighted by molar-refractivity contribution is 9.10. The van der Waals surface area contributed by atoms with Crippen LogP contribution in [0, 0.1) is 0 Å². The number of anilines is 1. The van der Waals surface area contributed by atoms with Gasteiger partial charge < -0.3 is 15.5 Å². The zero-order valence-electron chi connectivity index (χ0n) is 11.1. The fourth-order valence-electron chi connectivity index (χ4n) is 2.12. The molecule has 0 aliphatic rings. The van der Waals surface area contributed by atoms with Gasteiger partial charge in [0.1, 0.15) is 6.61 Å². The summed E-state index contributed by atoms with van der Waals surface area (Å²) in [5, 5.41) is 0.810. The molecule has 0 saturated carbocycles. The molecule has 3 N–H and O–H groups in total. The van der Waals surface area contributed by atoms with Crippen molar-refractivity contribution >= 4 is 38.5 Å². The number of nitrogens with two attached hydrogens (primary N) is 1. The number of aromatic nitrogens is 1. The predicted molar refractivity (Wildman–Crippen MR) is 86.0 cm³/mol. The monoisotopic (exact) mass is 344 g/mol. The van der Waals surface area contributed by atoms with Crippen molar-refractivity contribution in [2.24, 2.45) is 0 Å². The zero-order valence-corrected chi connectivity index (χ0v) is 12.7. The molecule has 5 heteroatoms. The Morgan fingerprint density at radius 3 is 2.71 bits per heavy atom. The van der Waals surface area contributed by atoms with Crippen LogP contribution < -0.4 is 5.73 Å². The largest absolute Gasteiger partial charge is 0.457 e. The summed E-state index contributed by atoms with van der Waals surface area (Å²) in [6, 6.07) is 13.0. The molecule has 0 saturated heterocycles. The van der Waals surface area contributed by atoms with E-state index in [4.69, 9.17) is 10.5 Å². The van der Waals surface area contributed by atoms with Gasteiger partial charge in [0.2, 0.25) is 0 Å². The van der Waals surface area contributed by atoms with Crippen molar-refractivity contribution in [2.45, 2.75) is 6.61 Å². The van der Waals surface area contributed by atoms with Crippen LogP contribution in [0.4, 0.5) is 5.69 Å². The number of hydrogen-bond acceptors (Lipinski definition) is 3. The summed E-state index contributed by atoms with van der Waals surface area (Å²) < 4.78 is 6.34. The van der Waals surface area contributed by atoms with Crippen LogP contribution >= 0.6 is 15.9 Å². The van der Waals surface area contributed by atoms with E-state index < -0.39 is 0 Å². The molecule has 21 heavy (non-hydrogen) atoms. The van der Waals surface area contributed by atoms with E-state index in [1.165, 1.54) is 0 Å². The Hall–Kier alpha value is -2.27. The second-order valence-corrected chi connectivity index (χ2v) is 5.63. The van der Waals surface area contributed by atoms with Crippen LogP contribution in [-0.4, -0.2) is 11.0 Å². The van der Waals surface area contributed by atoms with E-state index in [-0.39, 0.29) is 12.6 Å². The molecule has 2 aromatic carbocycles. The van der Waals surface area contributed by atoms with Crippen molar-refractivity contribution in [1.29, 1.82) is 0 Å². The van der Waals surface area contributed by atoms with Crippen molar-refractivity contribution in [3.8, 4) is 0 Å². The predicted octanol–water partition coefficient (Wildman–Crippen LogP) is 3.87. The van der Waals surface area contributed by atoms with E-state index in [1.807, 2.05) is 30.3 Å². The number of halogens is 1. The third-order valence-electron chi connectivity index (χ3n) is 3.21. The average molecular weight is 345 g/mol. The first-order valence-corrected chi connectivity index (χ1v) is 7.21. The van der Waals surface area contributed by atoms with Crippen LogP contribution in [0.2, 0.25) is 0 Å². The van der Waals surface area contributed by atoms with Crippen LogP contribution in [0.15, 0.2) is 53.1 Å². The molecule has 0 spiro atoms. The van der Waals surface area contributed by atoms with Gasteiger partial charge in [0.15, 0.2) is 0 Å². The second kappa shape index (κ2) is 5.61. The molecule has 0 bridgehead atoms. The van der Waals surface area contributed by atoms with Crippen molar-refractivity contribution in [1.82, 2.24) is 4.98 Å².